The molecule has 0 unspecified atom stereocenters. The minimum Gasteiger partial charge on any atom is -0.488 e. The summed E-state index contributed by atoms with van der Waals surface area (Å²) in [4.78, 5) is 12.4. The zero-order valence-electron chi connectivity index (χ0n) is 10.9. The minimum atomic E-state index is -0.793. The molecular formula is C14H18ClNO3. The molecule has 0 radical (unpaired) electrons. The predicted molar refractivity (Wildman–Crippen MR) is 75.7 cm³/mol. The number of hydrogen-bond acceptors (Lipinski definition) is 3. The van der Waals surface area contributed by atoms with Crippen LogP contribution in [0.1, 0.15) is 12.0 Å². The highest BCUT2D eigenvalue weighted by atomic mass is 35.5. The first kappa shape index (κ1) is 15.5. The SMILES string of the molecule is C=CCOc1ccc(CN(C)CCC(=O)O)cc1Cl. The normalized spacial score (nSPS) is 10.5. The number of benzene rings is 1. The van der Waals surface area contributed by atoms with Crippen molar-refractivity contribution in [3.05, 3.63) is 41.4 Å². The van der Waals surface area contributed by atoms with Gasteiger partial charge in [0.15, 0.2) is 0 Å². The van der Waals surface area contributed by atoms with Crippen molar-refractivity contribution in [3.8, 4) is 5.75 Å². The van der Waals surface area contributed by atoms with Gasteiger partial charge in [0.1, 0.15) is 12.4 Å². The lowest BCUT2D eigenvalue weighted by atomic mass is 10.2. The van der Waals surface area contributed by atoms with Crippen molar-refractivity contribution >= 4 is 17.6 Å². The minimum absolute atomic E-state index is 0.130. The Kier molecular flexibility index (Phi) is 6.39. The van der Waals surface area contributed by atoms with E-state index in [9.17, 15) is 4.79 Å². The maximum Gasteiger partial charge on any atom is 0.304 e. The lowest BCUT2D eigenvalue weighted by molar-refractivity contribution is -0.137. The number of nitrogens with zero attached hydrogens (tertiary/aromatic N) is 1. The molecule has 1 N–H and O–H groups in total. The van der Waals surface area contributed by atoms with Crippen LogP contribution in [-0.4, -0.2) is 36.2 Å². The van der Waals surface area contributed by atoms with Crippen LogP contribution in [0, 0.1) is 0 Å². The van der Waals surface area contributed by atoms with Crippen LogP contribution >= 0.6 is 11.6 Å². The summed E-state index contributed by atoms with van der Waals surface area (Å²) in [6.07, 6.45) is 1.79. The summed E-state index contributed by atoms with van der Waals surface area (Å²) in [6.45, 7) is 5.14. The number of aliphatic carboxylic acids is 1. The molecule has 19 heavy (non-hydrogen) atoms. The maximum absolute atomic E-state index is 10.5. The first-order chi connectivity index (χ1) is 9.02. The first-order valence-corrected chi connectivity index (χ1v) is 6.33. The molecule has 0 aliphatic carbocycles. The Hall–Kier alpha value is -1.52. The average molecular weight is 284 g/mol. The van der Waals surface area contributed by atoms with Gasteiger partial charge < -0.3 is 14.7 Å². The second-order valence-corrected chi connectivity index (χ2v) is 4.65. The van der Waals surface area contributed by atoms with Crippen molar-refractivity contribution in [2.75, 3.05) is 20.2 Å². The van der Waals surface area contributed by atoms with Crippen LogP contribution in [0.25, 0.3) is 0 Å². The van der Waals surface area contributed by atoms with Gasteiger partial charge in [-0.15, -0.1) is 0 Å². The van der Waals surface area contributed by atoms with Crippen LogP contribution in [0.2, 0.25) is 5.02 Å². The smallest absolute Gasteiger partial charge is 0.304 e. The van der Waals surface area contributed by atoms with E-state index in [-0.39, 0.29) is 6.42 Å². The molecule has 1 aromatic carbocycles. The van der Waals surface area contributed by atoms with Gasteiger partial charge >= 0.3 is 5.97 Å². The number of carboxylic acids is 1. The molecule has 0 saturated carbocycles. The highest BCUT2D eigenvalue weighted by molar-refractivity contribution is 6.32. The van der Waals surface area contributed by atoms with Gasteiger partial charge in [-0.05, 0) is 24.7 Å². The monoisotopic (exact) mass is 283 g/mol. The standard InChI is InChI=1S/C14H18ClNO3/c1-3-8-19-13-5-4-11(9-12(13)15)10-16(2)7-6-14(17)18/h3-5,9H,1,6-8,10H2,2H3,(H,17,18). The van der Waals surface area contributed by atoms with Crippen LogP contribution in [0.5, 0.6) is 5.75 Å². The van der Waals surface area contributed by atoms with Gasteiger partial charge in [0, 0.05) is 13.1 Å². The Labute approximate surface area is 118 Å². The van der Waals surface area contributed by atoms with Crippen molar-refractivity contribution in [2.45, 2.75) is 13.0 Å². The summed E-state index contributed by atoms with van der Waals surface area (Å²) >= 11 is 6.10. The van der Waals surface area contributed by atoms with E-state index in [1.165, 1.54) is 0 Å². The van der Waals surface area contributed by atoms with E-state index in [4.69, 9.17) is 21.4 Å². The Bertz CT molecular complexity index is 448. The number of carboxylic acid groups (broad SMARTS) is 1. The Morgan fingerprint density at radius 1 is 1.58 bits per heavy atom. The summed E-state index contributed by atoms with van der Waals surface area (Å²) in [5.74, 6) is -0.170. The molecule has 5 heteroatoms. The van der Waals surface area contributed by atoms with E-state index in [0.717, 1.165) is 5.56 Å². The fraction of sp³-hybridized carbons (Fsp3) is 0.357. The highest BCUT2D eigenvalue weighted by Gasteiger charge is 2.06. The summed E-state index contributed by atoms with van der Waals surface area (Å²) in [5, 5.41) is 9.17. The number of carbonyl (C=O) groups is 1. The summed E-state index contributed by atoms with van der Waals surface area (Å²) in [6, 6.07) is 5.56. The van der Waals surface area contributed by atoms with E-state index in [2.05, 4.69) is 6.58 Å². The average Bonchev–Trinajstić information content (AvgIpc) is 2.35. The predicted octanol–water partition coefficient (Wildman–Crippen LogP) is 2.81. The van der Waals surface area contributed by atoms with Crippen molar-refractivity contribution in [1.29, 1.82) is 0 Å². The van der Waals surface area contributed by atoms with Crippen LogP contribution < -0.4 is 4.74 Å². The molecule has 0 fully saturated rings. The number of halogens is 1. The summed E-state index contributed by atoms with van der Waals surface area (Å²) in [5.41, 5.74) is 1.02. The molecule has 0 atom stereocenters. The first-order valence-electron chi connectivity index (χ1n) is 5.95. The molecule has 4 nitrogen and oxygen atoms in total. The fourth-order valence-corrected chi connectivity index (χ4v) is 1.84. The van der Waals surface area contributed by atoms with Gasteiger partial charge in [-0.2, -0.15) is 0 Å². The molecule has 1 aromatic rings. The van der Waals surface area contributed by atoms with Crippen LogP contribution in [0.15, 0.2) is 30.9 Å². The quantitative estimate of drug-likeness (QED) is 0.746. The lowest BCUT2D eigenvalue weighted by Gasteiger charge is -2.16. The molecule has 0 amide bonds. The molecule has 0 aliphatic heterocycles. The van der Waals surface area contributed by atoms with Crippen molar-refractivity contribution in [1.82, 2.24) is 4.90 Å². The highest BCUT2D eigenvalue weighted by Crippen LogP contribution is 2.25. The number of hydrogen-bond donors (Lipinski definition) is 1. The van der Waals surface area contributed by atoms with Crippen molar-refractivity contribution in [2.24, 2.45) is 0 Å². The van der Waals surface area contributed by atoms with Crippen molar-refractivity contribution in [3.63, 3.8) is 0 Å². The third kappa shape index (κ3) is 5.77. The van der Waals surface area contributed by atoms with Gasteiger partial charge in [-0.3, -0.25) is 4.79 Å². The lowest BCUT2D eigenvalue weighted by Crippen LogP contribution is -2.21. The van der Waals surface area contributed by atoms with Crippen LogP contribution in [-0.2, 0) is 11.3 Å². The molecule has 104 valence electrons. The third-order valence-corrected chi connectivity index (χ3v) is 2.81. The van der Waals surface area contributed by atoms with Crippen LogP contribution in [0.4, 0.5) is 0 Å². The van der Waals surface area contributed by atoms with E-state index in [1.807, 2.05) is 30.1 Å². The largest absolute Gasteiger partial charge is 0.488 e. The second kappa shape index (κ2) is 7.81. The zero-order valence-corrected chi connectivity index (χ0v) is 11.7. The van der Waals surface area contributed by atoms with Gasteiger partial charge in [-0.25, -0.2) is 0 Å². The topological polar surface area (TPSA) is 49.8 Å². The van der Waals surface area contributed by atoms with Gasteiger partial charge in [0.2, 0.25) is 0 Å². The Morgan fingerprint density at radius 2 is 2.32 bits per heavy atom. The van der Waals surface area contributed by atoms with E-state index in [1.54, 1.807) is 6.08 Å². The molecule has 0 saturated heterocycles. The van der Waals surface area contributed by atoms with Crippen LogP contribution in [0.3, 0.4) is 0 Å². The molecule has 0 aliphatic rings. The second-order valence-electron chi connectivity index (χ2n) is 4.25. The van der Waals surface area contributed by atoms with Crippen molar-refractivity contribution < 1.29 is 14.6 Å². The number of rotatable bonds is 8. The molecule has 0 heterocycles. The molecular weight excluding hydrogens is 266 g/mol. The molecule has 0 spiro atoms. The van der Waals surface area contributed by atoms with Gasteiger partial charge in [0.25, 0.3) is 0 Å². The Morgan fingerprint density at radius 3 is 2.89 bits per heavy atom. The summed E-state index contributed by atoms with van der Waals surface area (Å²) < 4.78 is 5.38. The number of ether oxygens (including phenoxy) is 1. The van der Waals surface area contributed by atoms with Gasteiger partial charge in [0.05, 0.1) is 11.4 Å². The maximum atomic E-state index is 10.5. The summed E-state index contributed by atoms with van der Waals surface area (Å²) in [7, 11) is 1.87. The Balaban J connectivity index is 2.57. The zero-order chi connectivity index (χ0) is 14.3. The third-order valence-electron chi connectivity index (χ3n) is 2.51. The molecule has 0 aromatic heterocycles. The van der Waals surface area contributed by atoms with E-state index >= 15 is 0 Å². The van der Waals surface area contributed by atoms with E-state index < -0.39 is 5.97 Å². The van der Waals surface area contributed by atoms with Gasteiger partial charge in [-0.1, -0.05) is 30.3 Å². The van der Waals surface area contributed by atoms with E-state index in [0.29, 0.717) is 30.5 Å². The molecule has 0 bridgehead atoms. The fourth-order valence-electron chi connectivity index (χ4n) is 1.59. The molecule has 1 rings (SSSR count).